The van der Waals surface area contributed by atoms with Crippen LogP contribution in [0.1, 0.15) is 28.8 Å². The van der Waals surface area contributed by atoms with E-state index in [2.05, 4.69) is 10.2 Å². The molecule has 0 unspecified atom stereocenters. The van der Waals surface area contributed by atoms with Gasteiger partial charge in [-0.3, -0.25) is 4.79 Å². The number of nitrogens with zero attached hydrogens (tertiary/aromatic N) is 1. The summed E-state index contributed by atoms with van der Waals surface area (Å²) in [6, 6.07) is 23.1. The molecular formula is C24H24N2O2. The maximum absolute atomic E-state index is 12.5. The zero-order valence-electron chi connectivity index (χ0n) is 16.0. The molecular weight excluding hydrogens is 348 g/mol. The number of carbonyl (C=O) groups excluding carboxylic acids is 1. The smallest absolute Gasteiger partial charge is 0.255 e. The lowest BCUT2D eigenvalue weighted by Crippen LogP contribution is -2.18. The van der Waals surface area contributed by atoms with Gasteiger partial charge in [-0.15, -0.1) is 0 Å². The molecule has 4 heteroatoms. The first-order valence-corrected chi connectivity index (χ1v) is 9.69. The zero-order chi connectivity index (χ0) is 19.3. The fourth-order valence-electron chi connectivity index (χ4n) is 3.41. The minimum Gasteiger partial charge on any atom is -0.457 e. The van der Waals surface area contributed by atoms with Crippen molar-refractivity contribution in [3.63, 3.8) is 0 Å². The first-order chi connectivity index (χ1) is 13.7. The lowest BCUT2D eigenvalue weighted by molar-refractivity contribution is 0.102. The highest BCUT2D eigenvalue weighted by Crippen LogP contribution is 2.26. The van der Waals surface area contributed by atoms with Crippen LogP contribution in [0.25, 0.3) is 0 Å². The van der Waals surface area contributed by atoms with Crippen molar-refractivity contribution in [2.45, 2.75) is 19.8 Å². The minimum absolute atomic E-state index is 0.111. The Morgan fingerprint density at radius 3 is 2.25 bits per heavy atom. The second kappa shape index (κ2) is 8.17. The molecule has 0 aliphatic carbocycles. The Morgan fingerprint density at radius 1 is 0.893 bits per heavy atom. The Balaban J connectivity index is 1.38. The van der Waals surface area contributed by atoms with E-state index in [1.54, 1.807) is 0 Å². The van der Waals surface area contributed by atoms with E-state index < -0.39 is 0 Å². The topological polar surface area (TPSA) is 41.6 Å². The number of hydrogen-bond acceptors (Lipinski definition) is 3. The molecule has 1 saturated heterocycles. The van der Waals surface area contributed by atoms with E-state index in [0.717, 1.165) is 35.8 Å². The summed E-state index contributed by atoms with van der Waals surface area (Å²) in [5, 5.41) is 2.94. The van der Waals surface area contributed by atoms with Crippen molar-refractivity contribution in [3.05, 3.63) is 83.9 Å². The van der Waals surface area contributed by atoms with Crippen LogP contribution in [-0.4, -0.2) is 19.0 Å². The van der Waals surface area contributed by atoms with Crippen LogP contribution < -0.4 is 15.0 Å². The molecule has 1 aliphatic rings. The van der Waals surface area contributed by atoms with Gasteiger partial charge < -0.3 is 15.0 Å². The lowest BCUT2D eigenvalue weighted by atomic mass is 10.1. The summed E-state index contributed by atoms with van der Waals surface area (Å²) in [5.41, 5.74) is 3.66. The maximum atomic E-state index is 12.5. The van der Waals surface area contributed by atoms with Crippen molar-refractivity contribution in [1.29, 1.82) is 0 Å². The molecule has 0 aromatic heterocycles. The van der Waals surface area contributed by atoms with Gasteiger partial charge in [0.2, 0.25) is 0 Å². The van der Waals surface area contributed by atoms with E-state index in [-0.39, 0.29) is 5.91 Å². The van der Waals surface area contributed by atoms with E-state index in [1.807, 2.05) is 79.7 Å². The highest BCUT2D eigenvalue weighted by Gasteiger charge is 2.13. The summed E-state index contributed by atoms with van der Waals surface area (Å²) >= 11 is 0. The first kappa shape index (κ1) is 18.1. The lowest BCUT2D eigenvalue weighted by Gasteiger charge is -2.17. The summed E-state index contributed by atoms with van der Waals surface area (Å²) < 4.78 is 5.90. The van der Waals surface area contributed by atoms with Gasteiger partial charge in [0.15, 0.2) is 0 Å². The van der Waals surface area contributed by atoms with Crippen LogP contribution in [0.4, 0.5) is 11.4 Å². The number of benzene rings is 3. The third kappa shape index (κ3) is 4.17. The first-order valence-electron chi connectivity index (χ1n) is 9.69. The summed E-state index contributed by atoms with van der Waals surface area (Å²) in [6.07, 6.45) is 2.48. The Hall–Kier alpha value is -3.27. The molecule has 4 nitrogen and oxygen atoms in total. The number of amides is 1. The quantitative estimate of drug-likeness (QED) is 0.630. The maximum Gasteiger partial charge on any atom is 0.255 e. The van der Waals surface area contributed by atoms with Crippen molar-refractivity contribution < 1.29 is 9.53 Å². The Morgan fingerprint density at radius 2 is 1.57 bits per heavy atom. The van der Waals surface area contributed by atoms with Gasteiger partial charge in [-0.25, -0.2) is 0 Å². The number of hydrogen-bond donors (Lipinski definition) is 1. The number of aryl methyl sites for hydroxylation is 1. The molecule has 142 valence electrons. The van der Waals surface area contributed by atoms with Crippen LogP contribution in [0, 0.1) is 6.92 Å². The van der Waals surface area contributed by atoms with Gasteiger partial charge in [-0.2, -0.15) is 0 Å². The van der Waals surface area contributed by atoms with Gasteiger partial charge in [0.05, 0.1) is 0 Å². The molecule has 3 aromatic rings. The molecule has 0 radical (unpaired) electrons. The molecule has 1 fully saturated rings. The van der Waals surface area contributed by atoms with Crippen LogP contribution in [0.15, 0.2) is 72.8 Å². The van der Waals surface area contributed by atoms with Crippen molar-refractivity contribution >= 4 is 17.3 Å². The summed E-state index contributed by atoms with van der Waals surface area (Å²) in [4.78, 5) is 14.9. The predicted molar refractivity (Wildman–Crippen MR) is 114 cm³/mol. The van der Waals surface area contributed by atoms with Crippen LogP contribution in [-0.2, 0) is 0 Å². The van der Waals surface area contributed by atoms with Gasteiger partial charge in [0, 0.05) is 30.0 Å². The van der Waals surface area contributed by atoms with E-state index >= 15 is 0 Å². The molecule has 1 aliphatic heterocycles. The van der Waals surface area contributed by atoms with Crippen molar-refractivity contribution in [3.8, 4) is 11.5 Å². The number of carbonyl (C=O) groups is 1. The fourth-order valence-corrected chi connectivity index (χ4v) is 3.41. The van der Waals surface area contributed by atoms with Crippen molar-refractivity contribution in [2.75, 3.05) is 23.3 Å². The fraction of sp³-hybridized carbons (Fsp3) is 0.208. The highest BCUT2D eigenvalue weighted by atomic mass is 16.5. The normalized spacial score (nSPS) is 13.4. The molecule has 1 amide bonds. The average Bonchev–Trinajstić information content (AvgIpc) is 3.26. The molecule has 28 heavy (non-hydrogen) atoms. The number of anilines is 2. The number of ether oxygens (including phenoxy) is 1. The summed E-state index contributed by atoms with van der Waals surface area (Å²) in [7, 11) is 0. The van der Waals surface area contributed by atoms with Crippen LogP contribution >= 0.6 is 0 Å². The predicted octanol–water partition coefficient (Wildman–Crippen LogP) is 5.64. The van der Waals surface area contributed by atoms with Crippen molar-refractivity contribution in [1.82, 2.24) is 0 Å². The van der Waals surface area contributed by atoms with Crippen LogP contribution in [0.3, 0.4) is 0 Å². The van der Waals surface area contributed by atoms with Crippen LogP contribution in [0.5, 0.6) is 11.5 Å². The van der Waals surface area contributed by atoms with Gasteiger partial charge in [-0.05, 0) is 79.9 Å². The van der Waals surface area contributed by atoms with E-state index in [1.165, 1.54) is 18.5 Å². The van der Waals surface area contributed by atoms with Crippen molar-refractivity contribution in [2.24, 2.45) is 0 Å². The molecule has 1 heterocycles. The molecule has 1 N–H and O–H groups in total. The number of rotatable bonds is 5. The van der Waals surface area contributed by atoms with Gasteiger partial charge >= 0.3 is 0 Å². The number of nitrogens with one attached hydrogen (secondary N) is 1. The van der Waals surface area contributed by atoms with Gasteiger partial charge in [0.25, 0.3) is 5.91 Å². The Kier molecular flexibility index (Phi) is 5.29. The van der Waals surface area contributed by atoms with E-state index in [0.29, 0.717) is 5.56 Å². The second-order valence-electron chi connectivity index (χ2n) is 7.09. The Labute approximate surface area is 165 Å². The van der Waals surface area contributed by atoms with Gasteiger partial charge in [-0.1, -0.05) is 18.2 Å². The van der Waals surface area contributed by atoms with E-state index in [9.17, 15) is 4.79 Å². The molecule has 0 atom stereocenters. The molecule has 0 bridgehead atoms. The SMILES string of the molecule is Cc1ccccc1Oc1ccc(NC(=O)c2ccc(N3CCCC3)cc2)cc1. The second-order valence-corrected chi connectivity index (χ2v) is 7.09. The van der Waals surface area contributed by atoms with Gasteiger partial charge in [0.1, 0.15) is 11.5 Å². The van der Waals surface area contributed by atoms with Crippen LogP contribution in [0.2, 0.25) is 0 Å². The standard InChI is InChI=1S/C24H24N2O2/c1-18-6-2-3-7-23(18)28-22-14-10-20(11-15-22)25-24(27)19-8-12-21(13-9-19)26-16-4-5-17-26/h2-3,6-15H,4-5,16-17H2,1H3,(H,25,27). The average molecular weight is 372 g/mol. The molecule has 0 spiro atoms. The summed E-state index contributed by atoms with van der Waals surface area (Å²) in [5.74, 6) is 1.46. The minimum atomic E-state index is -0.111. The third-order valence-corrected chi connectivity index (χ3v) is 5.03. The largest absolute Gasteiger partial charge is 0.457 e. The van der Waals surface area contributed by atoms with E-state index in [4.69, 9.17) is 4.74 Å². The third-order valence-electron chi connectivity index (χ3n) is 5.03. The zero-order valence-corrected chi connectivity index (χ0v) is 16.0. The molecule has 3 aromatic carbocycles. The summed E-state index contributed by atoms with van der Waals surface area (Å²) in [6.45, 7) is 4.21. The molecule has 4 rings (SSSR count). The monoisotopic (exact) mass is 372 g/mol. The number of para-hydroxylation sites is 1. The Bertz CT molecular complexity index is 943. The molecule has 0 saturated carbocycles. The highest BCUT2D eigenvalue weighted by molar-refractivity contribution is 6.04.